The van der Waals surface area contributed by atoms with E-state index in [1.807, 2.05) is 10.9 Å². The zero-order chi connectivity index (χ0) is 10.7. The van der Waals surface area contributed by atoms with E-state index >= 15 is 0 Å². The highest BCUT2D eigenvalue weighted by atomic mass is 15.1. The van der Waals surface area contributed by atoms with Crippen molar-refractivity contribution in [3.63, 3.8) is 0 Å². The van der Waals surface area contributed by atoms with Gasteiger partial charge in [0.1, 0.15) is 0 Å². The molecule has 0 aliphatic heterocycles. The summed E-state index contributed by atoms with van der Waals surface area (Å²) in [4.78, 5) is 4.33. The van der Waals surface area contributed by atoms with Crippen LogP contribution in [0.15, 0.2) is 12.5 Å². The zero-order valence-electron chi connectivity index (χ0n) is 9.32. The van der Waals surface area contributed by atoms with E-state index in [-0.39, 0.29) is 0 Å². The van der Waals surface area contributed by atoms with Gasteiger partial charge < -0.3 is 15.6 Å². The van der Waals surface area contributed by atoms with Crippen molar-refractivity contribution >= 4 is 0 Å². The van der Waals surface area contributed by atoms with Crippen molar-refractivity contribution in [3.05, 3.63) is 18.2 Å². The lowest BCUT2D eigenvalue weighted by Crippen LogP contribution is -2.39. The second-order valence-corrected chi connectivity index (χ2v) is 4.55. The third-order valence-corrected chi connectivity index (χ3v) is 3.02. The molecule has 0 saturated heterocycles. The van der Waals surface area contributed by atoms with Crippen molar-refractivity contribution in [2.75, 3.05) is 6.54 Å². The van der Waals surface area contributed by atoms with E-state index in [1.165, 1.54) is 12.8 Å². The van der Waals surface area contributed by atoms with Gasteiger partial charge in [0.2, 0.25) is 0 Å². The Morgan fingerprint density at radius 3 is 3.07 bits per heavy atom. The van der Waals surface area contributed by atoms with E-state index in [0.717, 1.165) is 24.7 Å². The lowest BCUT2D eigenvalue weighted by atomic mass is 9.82. The summed E-state index contributed by atoms with van der Waals surface area (Å²) in [6, 6.07) is 0.708. The summed E-state index contributed by atoms with van der Waals surface area (Å²) in [6.07, 6.45) is 6.54. The van der Waals surface area contributed by atoms with Crippen LogP contribution in [0.1, 0.15) is 25.5 Å². The third kappa shape index (κ3) is 2.79. The number of nitrogens with two attached hydrogens (primary N) is 1. The zero-order valence-corrected chi connectivity index (χ0v) is 9.32. The van der Waals surface area contributed by atoms with Crippen LogP contribution in [0.4, 0.5) is 0 Å². The van der Waals surface area contributed by atoms with Crippen LogP contribution in [0, 0.1) is 5.92 Å². The Morgan fingerprint density at radius 1 is 1.60 bits per heavy atom. The monoisotopic (exact) mass is 208 g/mol. The summed E-state index contributed by atoms with van der Waals surface area (Å²) >= 11 is 0. The van der Waals surface area contributed by atoms with Crippen LogP contribution in [0.3, 0.4) is 0 Å². The molecule has 1 fully saturated rings. The first-order valence-electron chi connectivity index (χ1n) is 5.72. The van der Waals surface area contributed by atoms with Gasteiger partial charge >= 0.3 is 0 Å². The van der Waals surface area contributed by atoms with Crippen LogP contribution in [0.2, 0.25) is 0 Å². The average Bonchev–Trinajstić information content (AvgIpc) is 2.59. The van der Waals surface area contributed by atoms with E-state index in [4.69, 9.17) is 5.73 Å². The highest BCUT2D eigenvalue weighted by molar-refractivity contribution is 4.97. The Kier molecular flexibility index (Phi) is 3.38. The number of hydrogen-bond donors (Lipinski definition) is 2. The van der Waals surface area contributed by atoms with Gasteiger partial charge in [-0.15, -0.1) is 0 Å². The molecule has 4 heteroatoms. The summed E-state index contributed by atoms with van der Waals surface area (Å²) in [5, 5.41) is 3.51. The van der Waals surface area contributed by atoms with Gasteiger partial charge in [-0.3, -0.25) is 0 Å². The van der Waals surface area contributed by atoms with E-state index in [2.05, 4.69) is 23.4 Å². The maximum atomic E-state index is 5.47. The minimum absolute atomic E-state index is 0.670. The van der Waals surface area contributed by atoms with E-state index in [0.29, 0.717) is 12.6 Å². The average molecular weight is 208 g/mol. The molecule has 0 atom stereocenters. The number of aromatic nitrogens is 2. The molecular weight excluding hydrogens is 188 g/mol. The number of imidazole rings is 1. The van der Waals surface area contributed by atoms with Crippen molar-refractivity contribution in [1.82, 2.24) is 14.9 Å². The van der Waals surface area contributed by atoms with Crippen LogP contribution in [0.5, 0.6) is 0 Å². The Morgan fingerprint density at radius 2 is 2.40 bits per heavy atom. The molecule has 0 amide bonds. The van der Waals surface area contributed by atoms with Gasteiger partial charge in [-0.25, -0.2) is 4.98 Å². The molecular formula is C11H20N4. The van der Waals surface area contributed by atoms with Gasteiger partial charge in [-0.05, 0) is 18.8 Å². The second-order valence-electron chi connectivity index (χ2n) is 4.55. The maximum absolute atomic E-state index is 5.47. The van der Waals surface area contributed by atoms with Crippen LogP contribution < -0.4 is 11.1 Å². The molecule has 1 aliphatic rings. The summed E-state index contributed by atoms with van der Waals surface area (Å²) < 4.78 is 2.04. The minimum atomic E-state index is 0.670. The van der Waals surface area contributed by atoms with E-state index < -0.39 is 0 Å². The van der Waals surface area contributed by atoms with Gasteiger partial charge in [0.15, 0.2) is 0 Å². The minimum Gasteiger partial charge on any atom is -0.336 e. The first-order valence-corrected chi connectivity index (χ1v) is 5.72. The van der Waals surface area contributed by atoms with Gasteiger partial charge in [0, 0.05) is 31.9 Å². The van der Waals surface area contributed by atoms with Gasteiger partial charge in [0.25, 0.3) is 0 Å². The van der Waals surface area contributed by atoms with Gasteiger partial charge in [-0.2, -0.15) is 0 Å². The highest BCUT2D eigenvalue weighted by Crippen LogP contribution is 2.26. The highest BCUT2D eigenvalue weighted by Gasteiger charge is 2.24. The SMILES string of the molecule is CC1CC(NCc2cn(CCN)cn2)C1. The van der Waals surface area contributed by atoms with E-state index in [9.17, 15) is 0 Å². The maximum Gasteiger partial charge on any atom is 0.0950 e. The van der Waals surface area contributed by atoms with Crippen molar-refractivity contribution < 1.29 is 0 Å². The van der Waals surface area contributed by atoms with Crippen molar-refractivity contribution in [1.29, 1.82) is 0 Å². The molecule has 15 heavy (non-hydrogen) atoms. The summed E-state index contributed by atoms with van der Waals surface area (Å²) in [6.45, 7) is 4.71. The molecule has 1 saturated carbocycles. The Bertz CT molecular complexity index is 301. The fraction of sp³-hybridized carbons (Fsp3) is 0.727. The molecule has 3 N–H and O–H groups in total. The topological polar surface area (TPSA) is 55.9 Å². The Hall–Kier alpha value is -0.870. The number of hydrogen-bond acceptors (Lipinski definition) is 3. The molecule has 4 nitrogen and oxygen atoms in total. The van der Waals surface area contributed by atoms with Crippen LogP contribution >= 0.6 is 0 Å². The Labute approximate surface area is 90.9 Å². The van der Waals surface area contributed by atoms with Crippen LogP contribution in [-0.4, -0.2) is 22.1 Å². The van der Waals surface area contributed by atoms with Crippen LogP contribution in [-0.2, 0) is 13.1 Å². The summed E-state index contributed by atoms with van der Waals surface area (Å²) in [7, 11) is 0. The largest absolute Gasteiger partial charge is 0.336 e. The molecule has 1 aliphatic carbocycles. The van der Waals surface area contributed by atoms with E-state index in [1.54, 1.807) is 0 Å². The number of nitrogens with zero attached hydrogens (tertiary/aromatic N) is 2. The molecule has 0 radical (unpaired) electrons. The summed E-state index contributed by atoms with van der Waals surface area (Å²) in [5.74, 6) is 0.900. The van der Waals surface area contributed by atoms with Crippen molar-refractivity contribution in [3.8, 4) is 0 Å². The number of rotatable bonds is 5. The molecule has 0 aromatic carbocycles. The molecule has 0 spiro atoms. The third-order valence-electron chi connectivity index (χ3n) is 3.02. The lowest BCUT2D eigenvalue weighted by Gasteiger charge is -2.33. The molecule has 1 aromatic heterocycles. The predicted octanol–water partition coefficient (Wildman–Crippen LogP) is 0.730. The fourth-order valence-corrected chi connectivity index (χ4v) is 2.09. The first-order chi connectivity index (χ1) is 7.28. The molecule has 0 bridgehead atoms. The summed E-state index contributed by atoms with van der Waals surface area (Å²) in [5.41, 5.74) is 6.59. The second kappa shape index (κ2) is 4.77. The van der Waals surface area contributed by atoms with Crippen molar-refractivity contribution in [2.45, 2.75) is 38.9 Å². The van der Waals surface area contributed by atoms with Gasteiger partial charge in [0.05, 0.1) is 12.0 Å². The smallest absolute Gasteiger partial charge is 0.0950 e. The molecule has 84 valence electrons. The van der Waals surface area contributed by atoms with Crippen LogP contribution in [0.25, 0.3) is 0 Å². The first kappa shape index (κ1) is 10.6. The molecule has 1 aromatic rings. The standard InChI is InChI=1S/C11H20N4/c1-9-4-10(5-9)13-6-11-7-15(3-2-12)8-14-11/h7-10,13H,2-6,12H2,1H3. The predicted molar refractivity (Wildman–Crippen MR) is 60.3 cm³/mol. The molecule has 1 heterocycles. The fourth-order valence-electron chi connectivity index (χ4n) is 2.09. The lowest BCUT2D eigenvalue weighted by molar-refractivity contribution is 0.240. The quantitative estimate of drug-likeness (QED) is 0.750. The van der Waals surface area contributed by atoms with Crippen molar-refractivity contribution in [2.24, 2.45) is 11.7 Å². The van der Waals surface area contributed by atoms with Gasteiger partial charge in [-0.1, -0.05) is 6.92 Å². The Balaban J connectivity index is 1.73. The normalized spacial score (nSPS) is 25.2. The molecule has 2 rings (SSSR count). The number of nitrogens with one attached hydrogen (secondary N) is 1. The molecule has 0 unspecified atom stereocenters.